The van der Waals surface area contributed by atoms with E-state index in [4.69, 9.17) is 21.5 Å². The molecule has 0 amide bonds. The van der Waals surface area contributed by atoms with E-state index in [0.717, 1.165) is 4.68 Å². The fourth-order valence-electron chi connectivity index (χ4n) is 3.29. The summed E-state index contributed by atoms with van der Waals surface area (Å²) < 4.78 is 70.2. The Morgan fingerprint density at radius 3 is 2.17 bits per heavy atom. The van der Waals surface area contributed by atoms with Crippen LogP contribution in [0.25, 0.3) is 27.4 Å². The first-order chi connectivity index (χ1) is 14.0. The zero-order chi connectivity index (χ0) is 21.8. The Kier molecular flexibility index (Phi) is 4.68. The van der Waals surface area contributed by atoms with E-state index in [9.17, 15) is 21.6 Å². The van der Waals surface area contributed by atoms with E-state index in [1.54, 1.807) is 12.1 Å². The maximum absolute atomic E-state index is 13.6. The number of aromatic nitrogens is 2. The summed E-state index contributed by atoms with van der Waals surface area (Å²) in [6, 6.07) is 11.0. The van der Waals surface area contributed by atoms with Gasteiger partial charge in [-0.25, -0.2) is 18.2 Å². The van der Waals surface area contributed by atoms with Crippen LogP contribution in [0.4, 0.5) is 13.2 Å². The molecule has 4 aromatic rings. The van der Waals surface area contributed by atoms with Crippen LogP contribution in [0.3, 0.4) is 0 Å². The second-order valence-corrected chi connectivity index (χ2v) is 8.38. The standard InChI is InChI=1S/C19H13ClF3N3O3S/c1-29-15-9-8-13-12(16(15)20)6-7-14-17(13)26(25-18(14)19(21,22)23)10-2-4-11(5-3-10)30(24,27)28/h2-9H,1H3,(H2,24,27,28). The SMILES string of the molecule is COc1ccc2c(ccc3c(C(F)(F)F)nn(-c4ccc(S(N)(=O)=O)cc4)c32)c1Cl. The van der Waals surface area contributed by atoms with Gasteiger partial charge in [0.1, 0.15) is 5.75 Å². The van der Waals surface area contributed by atoms with Gasteiger partial charge >= 0.3 is 6.18 Å². The van der Waals surface area contributed by atoms with Crippen molar-refractivity contribution in [1.82, 2.24) is 9.78 Å². The third-order valence-corrected chi connectivity index (χ3v) is 5.96. The van der Waals surface area contributed by atoms with Gasteiger partial charge in [0.15, 0.2) is 5.69 Å². The zero-order valence-electron chi connectivity index (χ0n) is 15.2. The number of hydrogen-bond donors (Lipinski definition) is 1. The number of hydrogen-bond acceptors (Lipinski definition) is 4. The van der Waals surface area contributed by atoms with Gasteiger partial charge < -0.3 is 4.74 Å². The molecule has 0 fully saturated rings. The summed E-state index contributed by atoms with van der Waals surface area (Å²) in [4.78, 5) is -0.170. The third-order valence-electron chi connectivity index (χ3n) is 4.64. The van der Waals surface area contributed by atoms with E-state index >= 15 is 0 Å². The minimum atomic E-state index is -4.70. The molecule has 11 heteroatoms. The highest BCUT2D eigenvalue weighted by atomic mass is 35.5. The van der Waals surface area contributed by atoms with Gasteiger partial charge in [-0.3, -0.25) is 0 Å². The third kappa shape index (κ3) is 3.26. The summed E-state index contributed by atoms with van der Waals surface area (Å²) in [6.45, 7) is 0. The van der Waals surface area contributed by atoms with Gasteiger partial charge in [-0.2, -0.15) is 18.3 Å². The summed E-state index contributed by atoms with van der Waals surface area (Å²) >= 11 is 6.35. The van der Waals surface area contributed by atoms with Crippen LogP contribution in [0.15, 0.2) is 53.4 Å². The molecule has 0 unspecified atom stereocenters. The molecule has 30 heavy (non-hydrogen) atoms. The van der Waals surface area contributed by atoms with Gasteiger partial charge in [-0.1, -0.05) is 17.7 Å². The predicted octanol–water partition coefficient (Wildman–Crippen LogP) is 4.51. The predicted molar refractivity (Wildman–Crippen MR) is 107 cm³/mol. The molecule has 0 radical (unpaired) electrons. The molecule has 0 atom stereocenters. The van der Waals surface area contributed by atoms with Crippen LogP contribution < -0.4 is 9.88 Å². The molecule has 4 rings (SSSR count). The van der Waals surface area contributed by atoms with E-state index in [1.807, 2.05) is 0 Å². The number of rotatable bonds is 3. The molecule has 1 heterocycles. The van der Waals surface area contributed by atoms with Crippen molar-refractivity contribution in [2.45, 2.75) is 11.1 Å². The van der Waals surface area contributed by atoms with E-state index in [2.05, 4.69) is 5.10 Å². The first kappa shape index (κ1) is 20.5. The largest absolute Gasteiger partial charge is 0.495 e. The Balaban J connectivity index is 2.09. The first-order valence-electron chi connectivity index (χ1n) is 8.41. The van der Waals surface area contributed by atoms with Gasteiger partial charge in [-0.05, 0) is 42.5 Å². The van der Waals surface area contributed by atoms with Gasteiger partial charge in [0, 0.05) is 16.2 Å². The Morgan fingerprint density at radius 1 is 1.00 bits per heavy atom. The van der Waals surface area contributed by atoms with E-state index < -0.39 is 21.9 Å². The highest BCUT2D eigenvalue weighted by Crippen LogP contribution is 2.41. The van der Waals surface area contributed by atoms with Crippen LogP contribution >= 0.6 is 11.6 Å². The fraction of sp³-hybridized carbons (Fsp3) is 0.105. The molecular weight excluding hydrogens is 443 g/mol. The molecule has 0 aliphatic carbocycles. The zero-order valence-corrected chi connectivity index (χ0v) is 16.8. The summed E-state index contributed by atoms with van der Waals surface area (Å²) in [5.41, 5.74) is -0.670. The van der Waals surface area contributed by atoms with Gasteiger partial charge in [0.05, 0.1) is 28.2 Å². The molecule has 1 aromatic heterocycles. The number of benzene rings is 3. The molecule has 156 valence electrons. The van der Waals surface area contributed by atoms with Gasteiger partial charge in [0.2, 0.25) is 10.0 Å². The number of fused-ring (bicyclic) bond motifs is 3. The first-order valence-corrected chi connectivity index (χ1v) is 10.3. The van der Waals surface area contributed by atoms with Crippen molar-refractivity contribution in [3.8, 4) is 11.4 Å². The number of primary sulfonamides is 1. The Labute approximate surface area is 173 Å². The van der Waals surface area contributed by atoms with Crippen LogP contribution in [0, 0.1) is 0 Å². The summed E-state index contributed by atoms with van der Waals surface area (Å²) in [5.74, 6) is 0.378. The van der Waals surface area contributed by atoms with E-state index in [1.165, 1.54) is 43.5 Å². The monoisotopic (exact) mass is 455 g/mol. The average Bonchev–Trinajstić information content (AvgIpc) is 3.08. The second kappa shape index (κ2) is 6.86. The molecular formula is C19H13ClF3N3O3S. The lowest BCUT2D eigenvalue weighted by Gasteiger charge is -2.10. The quantitative estimate of drug-likeness (QED) is 0.492. The number of sulfonamides is 1. The van der Waals surface area contributed by atoms with Crippen LogP contribution in [0.1, 0.15) is 5.69 Å². The lowest BCUT2D eigenvalue weighted by atomic mass is 10.1. The molecule has 0 saturated carbocycles. The lowest BCUT2D eigenvalue weighted by Crippen LogP contribution is -2.12. The number of ether oxygens (including phenoxy) is 1. The van der Waals surface area contributed by atoms with Crippen molar-refractivity contribution in [3.63, 3.8) is 0 Å². The Morgan fingerprint density at radius 2 is 1.60 bits per heavy atom. The second-order valence-electron chi connectivity index (χ2n) is 6.44. The topological polar surface area (TPSA) is 87.2 Å². The van der Waals surface area contributed by atoms with Crippen LogP contribution in [-0.2, 0) is 16.2 Å². The van der Waals surface area contributed by atoms with Crippen LogP contribution in [0.5, 0.6) is 5.75 Å². The molecule has 0 spiro atoms. The number of nitrogens with zero attached hydrogens (tertiary/aromatic N) is 2. The van der Waals surface area contributed by atoms with Crippen molar-refractivity contribution in [2.24, 2.45) is 5.14 Å². The number of nitrogens with two attached hydrogens (primary N) is 1. The number of halogens is 4. The Bertz CT molecular complexity index is 1400. The average molecular weight is 456 g/mol. The fourth-order valence-corrected chi connectivity index (χ4v) is 4.11. The highest BCUT2D eigenvalue weighted by molar-refractivity contribution is 7.89. The smallest absolute Gasteiger partial charge is 0.435 e. The number of alkyl halides is 3. The highest BCUT2D eigenvalue weighted by Gasteiger charge is 2.37. The minimum absolute atomic E-state index is 0.119. The molecule has 0 bridgehead atoms. The van der Waals surface area contributed by atoms with Crippen molar-refractivity contribution < 1.29 is 26.3 Å². The van der Waals surface area contributed by atoms with Crippen molar-refractivity contribution in [3.05, 3.63) is 59.2 Å². The molecule has 3 aromatic carbocycles. The van der Waals surface area contributed by atoms with Gasteiger partial charge in [0.25, 0.3) is 0 Å². The molecule has 0 aliphatic rings. The number of methoxy groups -OCH3 is 1. The Hall–Kier alpha value is -2.82. The van der Waals surface area contributed by atoms with Gasteiger partial charge in [-0.15, -0.1) is 0 Å². The van der Waals surface area contributed by atoms with E-state index in [0.29, 0.717) is 16.5 Å². The minimum Gasteiger partial charge on any atom is -0.495 e. The maximum atomic E-state index is 13.6. The summed E-state index contributed by atoms with van der Waals surface area (Å²) in [6.07, 6.45) is -4.70. The summed E-state index contributed by atoms with van der Waals surface area (Å²) in [7, 11) is -2.52. The lowest BCUT2D eigenvalue weighted by molar-refractivity contribution is -0.140. The molecule has 2 N–H and O–H groups in total. The van der Waals surface area contributed by atoms with Crippen LogP contribution in [0.2, 0.25) is 5.02 Å². The molecule has 0 aliphatic heterocycles. The summed E-state index contributed by atoms with van der Waals surface area (Å²) in [5, 5.41) is 9.92. The van der Waals surface area contributed by atoms with Crippen molar-refractivity contribution >= 4 is 43.3 Å². The normalized spacial score (nSPS) is 12.6. The van der Waals surface area contributed by atoms with Crippen LogP contribution in [-0.4, -0.2) is 25.3 Å². The molecule has 6 nitrogen and oxygen atoms in total. The molecule has 0 saturated heterocycles. The van der Waals surface area contributed by atoms with E-state index in [-0.39, 0.29) is 26.5 Å². The van der Waals surface area contributed by atoms with Crippen molar-refractivity contribution in [2.75, 3.05) is 7.11 Å². The van der Waals surface area contributed by atoms with Crippen molar-refractivity contribution in [1.29, 1.82) is 0 Å². The maximum Gasteiger partial charge on any atom is 0.435 e.